The van der Waals surface area contributed by atoms with Gasteiger partial charge in [-0.1, -0.05) is 140 Å². The van der Waals surface area contributed by atoms with Crippen LogP contribution in [-0.2, 0) is 0 Å². The van der Waals surface area contributed by atoms with Crippen LogP contribution in [0.4, 0.5) is 5.69 Å². The van der Waals surface area contributed by atoms with E-state index in [1.165, 1.54) is 61.0 Å². The van der Waals surface area contributed by atoms with Gasteiger partial charge in [0.1, 0.15) is 0 Å². The molecule has 7 rings (SSSR count). The fourth-order valence-electron chi connectivity index (χ4n) is 5.89. The predicted octanol–water partition coefficient (Wildman–Crippen LogP) is 10.8. The van der Waals surface area contributed by atoms with E-state index in [0.717, 1.165) is 11.1 Å². The van der Waals surface area contributed by atoms with E-state index < -0.39 is 0 Å². The number of fused-ring (bicyclic) bond motifs is 1. The smallest absolute Gasteiger partial charge is 0.0320 e. The second kappa shape index (κ2) is 10.6. The van der Waals surface area contributed by atoms with Gasteiger partial charge in [-0.25, -0.2) is 0 Å². The molecule has 0 bridgehead atoms. The minimum atomic E-state index is 0.763. The van der Waals surface area contributed by atoms with Crippen molar-refractivity contribution in [1.82, 2.24) is 0 Å². The molecule has 0 aliphatic heterocycles. The molecule has 0 aliphatic rings. The van der Waals surface area contributed by atoms with Gasteiger partial charge in [0.25, 0.3) is 0 Å². The summed E-state index contributed by atoms with van der Waals surface area (Å²) in [5.41, 5.74) is 19.1. The molecule has 1 nitrogen and oxygen atoms in total. The number of anilines is 1. The number of nitrogens with two attached hydrogens (primary N) is 1. The lowest BCUT2D eigenvalue weighted by atomic mass is 9.80. The molecule has 0 saturated carbocycles. The number of rotatable bonds is 5. The summed E-state index contributed by atoms with van der Waals surface area (Å²) in [6, 6.07) is 58.3. The van der Waals surface area contributed by atoms with Crippen molar-refractivity contribution in [2.75, 3.05) is 5.73 Å². The maximum absolute atomic E-state index is 6.33. The first-order valence-corrected chi connectivity index (χ1v) is 14.0. The molecule has 2 N–H and O–H groups in total. The Morgan fingerprint density at radius 3 is 1.46 bits per heavy atom. The summed E-state index contributed by atoms with van der Waals surface area (Å²) in [5, 5.41) is 2.32. The van der Waals surface area contributed by atoms with E-state index in [2.05, 4.69) is 158 Å². The van der Waals surface area contributed by atoms with Gasteiger partial charge in [-0.3, -0.25) is 0 Å². The van der Waals surface area contributed by atoms with E-state index in [1.807, 2.05) is 6.07 Å². The minimum absolute atomic E-state index is 0.763. The van der Waals surface area contributed by atoms with Crippen LogP contribution >= 0.6 is 0 Å². The van der Waals surface area contributed by atoms with Gasteiger partial charge in [0.15, 0.2) is 0 Å². The summed E-state index contributed by atoms with van der Waals surface area (Å²) in [7, 11) is 0. The van der Waals surface area contributed by atoms with Crippen molar-refractivity contribution in [3.8, 4) is 55.6 Å². The van der Waals surface area contributed by atoms with Gasteiger partial charge in [0, 0.05) is 5.69 Å². The van der Waals surface area contributed by atoms with Crippen molar-refractivity contribution >= 4 is 16.5 Å². The van der Waals surface area contributed by atoms with Gasteiger partial charge in [0.05, 0.1) is 0 Å². The Labute approximate surface area is 241 Å². The average Bonchev–Trinajstić information content (AvgIpc) is 3.05. The Bertz CT molecular complexity index is 1960. The molecule has 0 fully saturated rings. The van der Waals surface area contributed by atoms with Gasteiger partial charge in [-0.05, 0) is 90.7 Å². The standard InChI is InChI=1S/C40H29N/c41-34-22-24-36-33(25-34)27-37(30-17-9-3-10-18-30)40(39(36)31-19-11-4-12-20-31)38-26-32(28-13-5-1-6-14-28)21-23-35(38)29-15-7-2-8-16-29/h1-27H,41H2. The number of benzene rings is 7. The third-order valence-electron chi connectivity index (χ3n) is 7.79. The zero-order valence-corrected chi connectivity index (χ0v) is 22.7. The van der Waals surface area contributed by atoms with Crippen LogP contribution in [0.2, 0.25) is 0 Å². The summed E-state index contributed by atoms with van der Waals surface area (Å²) in [5.74, 6) is 0. The van der Waals surface area contributed by atoms with Crippen LogP contribution in [-0.4, -0.2) is 0 Å². The molecule has 0 heterocycles. The summed E-state index contributed by atoms with van der Waals surface area (Å²) in [6.07, 6.45) is 0. The fourth-order valence-corrected chi connectivity index (χ4v) is 5.89. The lowest BCUT2D eigenvalue weighted by molar-refractivity contribution is 1.55. The third kappa shape index (κ3) is 4.68. The summed E-state index contributed by atoms with van der Waals surface area (Å²) in [6.45, 7) is 0. The molecule has 0 spiro atoms. The molecule has 0 radical (unpaired) electrons. The lowest BCUT2D eigenvalue weighted by Gasteiger charge is -2.23. The summed E-state index contributed by atoms with van der Waals surface area (Å²) in [4.78, 5) is 0. The van der Waals surface area contributed by atoms with E-state index in [4.69, 9.17) is 5.73 Å². The Balaban J connectivity index is 1.67. The van der Waals surface area contributed by atoms with Gasteiger partial charge in [-0.15, -0.1) is 0 Å². The van der Waals surface area contributed by atoms with Crippen LogP contribution in [0.25, 0.3) is 66.4 Å². The first kappa shape index (κ1) is 24.6. The Morgan fingerprint density at radius 2 is 0.854 bits per heavy atom. The molecule has 41 heavy (non-hydrogen) atoms. The second-order valence-electron chi connectivity index (χ2n) is 10.4. The molecule has 0 atom stereocenters. The van der Waals surface area contributed by atoms with Crippen LogP contribution in [0.5, 0.6) is 0 Å². The number of hydrogen-bond donors (Lipinski definition) is 1. The number of nitrogen functional groups attached to an aromatic ring is 1. The molecule has 1 heteroatoms. The van der Waals surface area contributed by atoms with Crippen LogP contribution < -0.4 is 5.73 Å². The fraction of sp³-hybridized carbons (Fsp3) is 0. The van der Waals surface area contributed by atoms with E-state index >= 15 is 0 Å². The van der Waals surface area contributed by atoms with Gasteiger partial charge in [-0.2, -0.15) is 0 Å². The molecular weight excluding hydrogens is 494 g/mol. The molecule has 7 aromatic carbocycles. The Hall–Kier alpha value is -5.40. The Morgan fingerprint density at radius 1 is 0.317 bits per heavy atom. The van der Waals surface area contributed by atoms with E-state index in [1.54, 1.807) is 0 Å². The zero-order chi connectivity index (χ0) is 27.6. The molecule has 0 aromatic heterocycles. The highest BCUT2D eigenvalue weighted by Crippen LogP contribution is 2.48. The second-order valence-corrected chi connectivity index (χ2v) is 10.4. The van der Waals surface area contributed by atoms with Crippen molar-refractivity contribution in [2.24, 2.45) is 0 Å². The van der Waals surface area contributed by atoms with Crippen molar-refractivity contribution in [1.29, 1.82) is 0 Å². The molecular formula is C40H29N. The topological polar surface area (TPSA) is 26.0 Å². The van der Waals surface area contributed by atoms with Gasteiger partial charge in [0.2, 0.25) is 0 Å². The zero-order valence-electron chi connectivity index (χ0n) is 22.7. The highest BCUT2D eigenvalue weighted by Gasteiger charge is 2.21. The summed E-state index contributed by atoms with van der Waals surface area (Å²) >= 11 is 0. The highest BCUT2D eigenvalue weighted by atomic mass is 14.5. The first-order chi connectivity index (χ1) is 20.3. The lowest BCUT2D eigenvalue weighted by Crippen LogP contribution is -1.96. The Kier molecular flexibility index (Phi) is 6.39. The average molecular weight is 524 g/mol. The normalized spacial score (nSPS) is 11.0. The van der Waals surface area contributed by atoms with Crippen LogP contribution in [0.1, 0.15) is 0 Å². The molecule has 194 valence electrons. The van der Waals surface area contributed by atoms with Crippen molar-refractivity contribution in [3.63, 3.8) is 0 Å². The first-order valence-electron chi connectivity index (χ1n) is 14.0. The molecule has 0 amide bonds. The van der Waals surface area contributed by atoms with Crippen molar-refractivity contribution in [3.05, 3.63) is 164 Å². The van der Waals surface area contributed by atoms with Gasteiger partial charge < -0.3 is 5.73 Å². The molecule has 0 saturated heterocycles. The highest BCUT2D eigenvalue weighted by molar-refractivity contribution is 6.12. The van der Waals surface area contributed by atoms with E-state index in [0.29, 0.717) is 0 Å². The maximum atomic E-state index is 6.33. The minimum Gasteiger partial charge on any atom is -0.399 e. The van der Waals surface area contributed by atoms with Crippen LogP contribution in [0.15, 0.2) is 164 Å². The largest absolute Gasteiger partial charge is 0.399 e. The van der Waals surface area contributed by atoms with Gasteiger partial charge >= 0.3 is 0 Å². The van der Waals surface area contributed by atoms with Crippen LogP contribution in [0, 0.1) is 0 Å². The molecule has 0 aliphatic carbocycles. The molecule has 0 unspecified atom stereocenters. The van der Waals surface area contributed by atoms with Crippen molar-refractivity contribution in [2.45, 2.75) is 0 Å². The third-order valence-corrected chi connectivity index (χ3v) is 7.79. The maximum Gasteiger partial charge on any atom is 0.0320 e. The summed E-state index contributed by atoms with van der Waals surface area (Å²) < 4.78 is 0. The van der Waals surface area contributed by atoms with Crippen molar-refractivity contribution < 1.29 is 0 Å². The number of hydrogen-bond acceptors (Lipinski definition) is 1. The molecule has 7 aromatic rings. The van der Waals surface area contributed by atoms with Crippen LogP contribution in [0.3, 0.4) is 0 Å². The van der Waals surface area contributed by atoms with E-state index in [-0.39, 0.29) is 0 Å². The quantitative estimate of drug-likeness (QED) is 0.223. The predicted molar refractivity (Wildman–Crippen MR) is 176 cm³/mol. The van der Waals surface area contributed by atoms with E-state index in [9.17, 15) is 0 Å². The SMILES string of the molecule is Nc1ccc2c(-c3ccccc3)c(-c3cc(-c4ccccc4)ccc3-c3ccccc3)c(-c3ccccc3)cc2c1. The monoisotopic (exact) mass is 523 g/mol.